The van der Waals surface area contributed by atoms with Crippen LogP contribution in [0, 0.1) is 27.7 Å². The lowest BCUT2D eigenvalue weighted by molar-refractivity contribution is 0.0945. The molecule has 11 heteroatoms. The van der Waals surface area contributed by atoms with Gasteiger partial charge < -0.3 is 5.32 Å². The minimum Gasteiger partial charge on any atom is -0.328 e. The highest BCUT2D eigenvalue weighted by Crippen LogP contribution is 2.22. The Morgan fingerprint density at radius 2 is 1.76 bits per heavy atom. The third-order valence-electron chi connectivity index (χ3n) is 5.50. The summed E-state index contributed by atoms with van der Waals surface area (Å²) >= 11 is 8.88. The molecule has 0 atom stereocenters. The van der Waals surface area contributed by atoms with E-state index in [1.807, 2.05) is 51.6 Å². The molecule has 9 nitrogen and oxygen atoms in total. The second-order valence-electron chi connectivity index (χ2n) is 8.08. The van der Waals surface area contributed by atoms with Crippen molar-refractivity contribution in [3.05, 3.63) is 68.7 Å². The zero-order valence-electron chi connectivity index (χ0n) is 19.5. The van der Waals surface area contributed by atoms with Crippen molar-refractivity contribution in [3.8, 4) is 0 Å². The maximum Gasteiger partial charge on any atom is 0.270 e. The second-order valence-corrected chi connectivity index (χ2v) is 9.41. The number of hydrogen-bond acceptors (Lipinski definition) is 5. The number of benzene rings is 1. The van der Waals surface area contributed by atoms with E-state index < -0.39 is 0 Å². The fourth-order valence-corrected chi connectivity index (χ4v) is 4.29. The lowest BCUT2D eigenvalue weighted by atomic mass is 10.1. The van der Waals surface area contributed by atoms with Crippen LogP contribution in [0.1, 0.15) is 38.7 Å². The number of rotatable bonds is 4. The number of amides is 1. The molecule has 3 N–H and O–H groups in total. The van der Waals surface area contributed by atoms with E-state index in [2.05, 4.69) is 59.4 Å². The summed E-state index contributed by atoms with van der Waals surface area (Å²) < 4.78 is 4.63. The number of nitrogens with zero attached hydrogens (tertiary/aromatic N) is 5. The number of pyridine rings is 1. The third kappa shape index (κ3) is 4.80. The van der Waals surface area contributed by atoms with Crippen LogP contribution in [0.2, 0.25) is 0 Å². The standard InChI is InChI=1S/C23H25BrN8OS/c1-12-10-18(19-13(2)29-31(5)21(19)25-12)22(33)27-28-23(34)26-20-14(3)30-32(15(20)4)11-16-6-8-17(24)9-7-16/h6-10H,11H2,1-5H3,(H,27,33)(H2,26,28,34). The van der Waals surface area contributed by atoms with Gasteiger partial charge in [0.25, 0.3) is 5.91 Å². The van der Waals surface area contributed by atoms with Gasteiger partial charge in [0, 0.05) is 17.2 Å². The molecule has 0 radical (unpaired) electrons. The molecule has 1 amide bonds. The van der Waals surface area contributed by atoms with Crippen LogP contribution in [0.15, 0.2) is 34.8 Å². The van der Waals surface area contributed by atoms with Gasteiger partial charge >= 0.3 is 0 Å². The first-order valence-electron chi connectivity index (χ1n) is 10.6. The molecule has 0 fully saturated rings. The van der Waals surface area contributed by atoms with Crippen molar-refractivity contribution in [1.29, 1.82) is 0 Å². The largest absolute Gasteiger partial charge is 0.328 e. The van der Waals surface area contributed by atoms with Crippen LogP contribution in [0.25, 0.3) is 11.0 Å². The van der Waals surface area contributed by atoms with Gasteiger partial charge in [0.15, 0.2) is 10.8 Å². The first-order valence-corrected chi connectivity index (χ1v) is 11.8. The van der Waals surface area contributed by atoms with Crippen LogP contribution in [-0.4, -0.2) is 35.6 Å². The lowest BCUT2D eigenvalue weighted by Crippen LogP contribution is -2.44. The highest BCUT2D eigenvalue weighted by atomic mass is 79.9. The third-order valence-corrected chi connectivity index (χ3v) is 6.23. The van der Waals surface area contributed by atoms with Crippen LogP contribution in [0.4, 0.5) is 5.69 Å². The zero-order chi connectivity index (χ0) is 24.6. The van der Waals surface area contributed by atoms with Crippen molar-refractivity contribution in [3.63, 3.8) is 0 Å². The summed E-state index contributed by atoms with van der Waals surface area (Å²) in [7, 11) is 1.81. The second kappa shape index (κ2) is 9.51. The Hall–Kier alpha value is -3.31. The molecule has 1 aromatic carbocycles. The maximum absolute atomic E-state index is 12.9. The summed E-state index contributed by atoms with van der Waals surface area (Å²) in [5, 5.41) is 13.1. The number of carbonyl (C=O) groups is 1. The Balaban J connectivity index is 1.45. The number of aryl methyl sites for hydroxylation is 4. The molecule has 4 aromatic rings. The zero-order valence-corrected chi connectivity index (χ0v) is 21.9. The Morgan fingerprint density at radius 1 is 1.06 bits per heavy atom. The molecule has 0 aliphatic heterocycles. The molecule has 0 saturated carbocycles. The predicted molar refractivity (Wildman–Crippen MR) is 140 cm³/mol. The molecular formula is C23H25BrN8OS. The molecule has 176 valence electrons. The number of hydrogen-bond donors (Lipinski definition) is 3. The summed E-state index contributed by atoms with van der Waals surface area (Å²) in [4.78, 5) is 17.4. The van der Waals surface area contributed by atoms with Gasteiger partial charge in [-0.05, 0) is 63.7 Å². The summed E-state index contributed by atoms with van der Waals surface area (Å²) in [5.74, 6) is -0.324. The average molecular weight is 541 g/mol. The Labute approximate surface area is 211 Å². The van der Waals surface area contributed by atoms with E-state index in [1.165, 1.54) is 0 Å². The number of halogens is 1. The summed E-state index contributed by atoms with van der Waals surface area (Å²) in [6.07, 6.45) is 0. The number of nitrogens with one attached hydrogen (secondary N) is 3. The monoisotopic (exact) mass is 540 g/mol. The van der Waals surface area contributed by atoms with Crippen LogP contribution in [-0.2, 0) is 13.6 Å². The first-order chi connectivity index (χ1) is 16.1. The smallest absolute Gasteiger partial charge is 0.270 e. The van der Waals surface area contributed by atoms with Gasteiger partial charge in [-0.2, -0.15) is 10.2 Å². The van der Waals surface area contributed by atoms with Gasteiger partial charge in [-0.25, -0.2) is 4.98 Å². The molecule has 4 rings (SSSR count). The molecule has 0 aliphatic carbocycles. The van der Waals surface area contributed by atoms with Crippen molar-refractivity contribution in [2.45, 2.75) is 34.2 Å². The fraction of sp³-hybridized carbons (Fsp3) is 0.261. The van der Waals surface area contributed by atoms with Crippen LogP contribution in [0.3, 0.4) is 0 Å². The Bertz CT molecular complexity index is 1410. The average Bonchev–Trinajstić information content (AvgIpc) is 3.22. The van der Waals surface area contributed by atoms with Crippen molar-refractivity contribution >= 4 is 55.9 Å². The quantitative estimate of drug-likeness (QED) is 0.267. The van der Waals surface area contributed by atoms with Crippen molar-refractivity contribution in [2.75, 3.05) is 5.32 Å². The van der Waals surface area contributed by atoms with E-state index in [1.54, 1.807) is 10.7 Å². The highest BCUT2D eigenvalue weighted by molar-refractivity contribution is 9.10. The number of thiocarbonyl (C=S) groups is 1. The molecule has 0 saturated heterocycles. The topological polar surface area (TPSA) is 102 Å². The van der Waals surface area contributed by atoms with E-state index >= 15 is 0 Å². The maximum atomic E-state index is 12.9. The molecular weight excluding hydrogens is 516 g/mol. The van der Waals surface area contributed by atoms with Crippen molar-refractivity contribution < 1.29 is 4.79 Å². The van der Waals surface area contributed by atoms with Crippen LogP contribution >= 0.6 is 28.1 Å². The molecule has 34 heavy (non-hydrogen) atoms. The predicted octanol–water partition coefficient (Wildman–Crippen LogP) is 3.84. The minimum atomic E-state index is -0.324. The molecule has 3 heterocycles. The van der Waals surface area contributed by atoms with Gasteiger partial charge in [0.2, 0.25) is 0 Å². The van der Waals surface area contributed by atoms with E-state index in [-0.39, 0.29) is 11.0 Å². The van der Waals surface area contributed by atoms with E-state index in [0.29, 0.717) is 23.1 Å². The molecule has 0 spiro atoms. The first kappa shape index (κ1) is 23.8. The van der Waals surface area contributed by atoms with Gasteiger partial charge in [0.05, 0.1) is 40.3 Å². The number of aromatic nitrogens is 5. The number of fused-ring (bicyclic) bond motifs is 1. The Morgan fingerprint density at radius 3 is 2.47 bits per heavy atom. The van der Waals surface area contributed by atoms with E-state index in [4.69, 9.17) is 12.2 Å². The molecule has 3 aromatic heterocycles. The summed E-state index contributed by atoms with van der Waals surface area (Å²) in [6.45, 7) is 8.23. The van der Waals surface area contributed by atoms with Gasteiger partial charge in [-0.15, -0.1) is 0 Å². The minimum absolute atomic E-state index is 0.257. The van der Waals surface area contributed by atoms with Crippen molar-refractivity contribution in [1.82, 2.24) is 35.4 Å². The Kier molecular flexibility index (Phi) is 6.67. The summed E-state index contributed by atoms with van der Waals surface area (Å²) in [6, 6.07) is 9.86. The fourth-order valence-electron chi connectivity index (χ4n) is 3.87. The van der Waals surface area contributed by atoms with E-state index in [0.717, 1.165) is 38.5 Å². The molecule has 0 unspecified atom stereocenters. The van der Waals surface area contributed by atoms with E-state index in [9.17, 15) is 4.79 Å². The van der Waals surface area contributed by atoms with Crippen LogP contribution in [0.5, 0.6) is 0 Å². The molecule has 0 bridgehead atoms. The normalized spacial score (nSPS) is 11.0. The van der Waals surface area contributed by atoms with Crippen LogP contribution < -0.4 is 16.2 Å². The molecule has 0 aliphatic rings. The SMILES string of the molecule is Cc1cc(C(=O)NNC(=S)Nc2c(C)nn(Cc3ccc(Br)cc3)c2C)c2c(C)nn(C)c2n1. The number of anilines is 1. The van der Waals surface area contributed by atoms with Crippen molar-refractivity contribution in [2.24, 2.45) is 7.05 Å². The highest BCUT2D eigenvalue weighted by Gasteiger charge is 2.18. The number of carbonyl (C=O) groups excluding carboxylic acids is 1. The lowest BCUT2D eigenvalue weighted by Gasteiger charge is -2.13. The summed E-state index contributed by atoms with van der Waals surface area (Å²) in [5.41, 5.74) is 11.8. The van der Waals surface area contributed by atoms with Gasteiger partial charge in [-0.1, -0.05) is 28.1 Å². The van der Waals surface area contributed by atoms with Gasteiger partial charge in [0.1, 0.15) is 0 Å². The number of hydrazine groups is 1. The van der Waals surface area contributed by atoms with Gasteiger partial charge in [-0.3, -0.25) is 25.0 Å².